The number of hydrogen-bond acceptors (Lipinski definition) is 3. The van der Waals surface area contributed by atoms with Crippen LogP contribution in [0.2, 0.25) is 0 Å². The van der Waals surface area contributed by atoms with Crippen LogP contribution in [0.1, 0.15) is 40.5 Å². The third-order valence-corrected chi connectivity index (χ3v) is 2.40. The molecular weight excluding hydrogens is 228 g/mol. The highest BCUT2D eigenvalue weighted by Gasteiger charge is 2.27. The molecule has 0 heterocycles. The Kier molecular flexibility index (Phi) is 8.88. The Morgan fingerprint density at radius 3 is 2.31 bits per heavy atom. The van der Waals surface area contributed by atoms with Crippen LogP contribution in [-0.4, -0.2) is 29.7 Å². The zero-order valence-corrected chi connectivity index (χ0v) is 11.4. The summed E-state index contributed by atoms with van der Waals surface area (Å²) in [7, 11) is 0. The smallest absolute Gasteiger partial charge is 0.237 e. The highest BCUT2D eigenvalue weighted by Crippen LogP contribution is 2.17. The van der Waals surface area contributed by atoms with Gasteiger partial charge in [-0.05, 0) is 25.2 Å². The molecule has 0 saturated carbocycles. The average molecular weight is 253 g/mol. The zero-order valence-electron chi connectivity index (χ0n) is 10.6. The van der Waals surface area contributed by atoms with Crippen LogP contribution in [0, 0.1) is 5.41 Å². The van der Waals surface area contributed by atoms with Gasteiger partial charge in [0.25, 0.3) is 0 Å². The predicted octanol–water partition coefficient (Wildman–Crippen LogP) is 1.06. The van der Waals surface area contributed by atoms with E-state index in [-0.39, 0.29) is 36.4 Å². The number of nitrogens with one attached hydrogen (secondary N) is 1. The Morgan fingerprint density at radius 1 is 1.44 bits per heavy atom. The van der Waals surface area contributed by atoms with Gasteiger partial charge in [0.05, 0.1) is 6.04 Å². The lowest BCUT2D eigenvalue weighted by Gasteiger charge is -2.27. The van der Waals surface area contributed by atoms with Crippen LogP contribution in [-0.2, 0) is 4.79 Å². The fourth-order valence-corrected chi connectivity index (χ4v) is 1.20. The van der Waals surface area contributed by atoms with Crippen LogP contribution < -0.4 is 11.1 Å². The van der Waals surface area contributed by atoms with Gasteiger partial charge in [0.2, 0.25) is 5.91 Å². The van der Waals surface area contributed by atoms with E-state index in [0.29, 0.717) is 6.42 Å². The second kappa shape index (κ2) is 7.87. The van der Waals surface area contributed by atoms with E-state index in [4.69, 9.17) is 10.8 Å². The Balaban J connectivity index is 0. The Labute approximate surface area is 104 Å². The first-order valence-electron chi connectivity index (χ1n) is 5.46. The van der Waals surface area contributed by atoms with E-state index in [9.17, 15) is 4.79 Å². The summed E-state index contributed by atoms with van der Waals surface area (Å²) < 4.78 is 0. The molecule has 0 fully saturated rings. The molecule has 0 rings (SSSR count). The van der Waals surface area contributed by atoms with Crippen molar-refractivity contribution in [2.24, 2.45) is 11.1 Å². The lowest BCUT2D eigenvalue weighted by Crippen LogP contribution is -2.50. The SMILES string of the molecule is CC(CCCO)NC(=O)[C@@H](N)C(C)(C)C.Cl. The molecule has 4 nitrogen and oxygen atoms in total. The lowest BCUT2D eigenvalue weighted by atomic mass is 9.87. The predicted molar refractivity (Wildman–Crippen MR) is 68.6 cm³/mol. The van der Waals surface area contributed by atoms with E-state index >= 15 is 0 Å². The van der Waals surface area contributed by atoms with Crippen LogP contribution in [0.4, 0.5) is 0 Å². The third-order valence-electron chi connectivity index (χ3n) is 2.40. The second-order valence-electron chi connectivity index (χ2n) is 5.12. The number of aliphatic hydroxyl groups excluding tert-OH is 1. The number of amides is 1. The van der Waals surface area contributed by atoms with Crippen molar-refractivity contribution in [3.63, 3.8) is 0 Å². The standard InChI is InChI=1S/C11H24N2O2.ClH/c1-8(6-5-7-14)13-10(15)9(12)11(2,3)4;/h8-9,14H,5-7,12H2,1-4H3,(H,13,15);1H/t8?,9-;/m1./s1. The van der Waals surface area contributed by atoms with Crippen molar-refractivity contribution in [3.05, 3.63) is 0 Å². The van der Waals surface area contributed by atoms with Gasteiger partial charge in [0.1, 0.15) is 0 Å². The van der Waals surface area contributed by atoms with Gasteiger partial charge in [-0.2, -0.15) is 0 Å². The molecule has 0 aliphatic carbocycles. The first-order valence-corrected chi connectivity index (χ1v) is 5.46. The van der Waals surface area contributed by atoms with E-state index in [1.165, 1.54) is 0 Å². The average Bonchev–Trinajstić information content (AvgIpc) is 2.11. The normalized spacial score (nSPS) is 14.9. The van der Waals surface area contributed by atoms with Gasteiger partial charge in [0, 0.05) is 12.6 Å². The molecule has 0 aromatic rings. The highest BCUT2D eigenvalue weighted by molar-refractivity contribution is 5.85. The Morgan fingerprint density at radius 2 is 1.94 bits per heavy atom. The number of rotatable bonds is 5. The van der Waals surface area contributed by atoms with Gasteiger partial charge in [-0.3, -0.25) is 4.79 Å². The van der Waals surface area contributed by atoms with Crippen molar-refractivity contribution in [1.29, 1.82) is 0 Å². The third kappa shape index (κ3) is 7.04. The van der Waals surface area contributed by atoms with Gasteiger partial charge in [-0.1, -0.05) is 20.8 Å². The molecule has 0 aliphatic heterocycles. The Bertz CT molecular complexity index is 205. The summed E-state index contributed by atoms with van der Waals surface area (Å²) in [5.74, 6) is -0.118. The molecule has 2 atom stereocenters. The molecular formula is C11H25ClN2O2. The monoisotopic (exact) mass is 252 g/mol. The van der Waals surface area contributed by atoms with Gasteiger partial charge < -0.3 is 16.2 Å². The molecule has 0 spiro atoms. The van der Waals surface area contributed by atoms with Crippen LogP contribution in [0.25, 0.3) is 0 Å². The summed E-state index contributed by atoms with van der Waals surface area (Å²) in [5, 5.41) is 11.5. The fourth-order valence-electron chi connectivity index (χ4n) is 1.20. The number of halogens is 1. The van der Waals surface area contributed by atoms with Crippen molar-refractivity contribution in [2.75, 3.05) is 6.61 Å². The summed E-state index contributed by atoms with van der Waals surface area (Å²) in [5.41, 5.74) is 5.59. The largest absolute Gasteiger partial charge is 0.396 e. The Hall–Kier alpha value is -0.320. The summed E-state index contributed by atoms with van der Waals surface area (Å²) in [6.45, 7) is 7.90. The van der Waals surface area contributed by atoms with Gasteiger partial charge in [-0.25, -0.2) is 0 Å². The molecule has 98 valence electrons. The van der Waals surface area contributed by atoms with E-state index in [2.05, 4.69) is 5.32 Å². The number of nitrogens with two attached hydrogens (primary N) is 1. The molecule has 0 radical (unpaired) electrons. The molecule has 0 aromatic carbocycles. The summed E-state index contributed by atoms with van der Waals surface area (Å²) in [6, 6.07) is -0.424. The van der Waals surface area contributed by atoms with Gasteiger partial charge in [0.15, 0.2) is 0 Å². The quantitative estimate of drug-likeness (QED) is 0.685. The number of hydrogen-bond donors (Lipinski definition) is 3. The zero-order chi connectivity index (χ0) is 12.1. The molecule has 5 heteroatoms. The number of carbonyl (C=O) groups is 1. The fraction of sp³-hybridized carbons (Fsp3) is 0.909. The topological polar surface area (TPSA) is 75.3 Å². The molecule has 4 N–H and O–H groups in total. The molecule has 0 bridgehead atoms. The summed E-state index contributed by atoms with van der Waals surface area (Å²) in [4.78, 5) is 11.7. The van der Waals surface area contributed by atoms with Crippen molar-refractivity contribution in [2.45, 2.75) is 52.6 Å². The maximum absolute atomic E-state index is 11.7. The van der Waals surface area contributed by atoms with Crippen molar-refractivity contribution < 1.29 is 9.90 Å². The molecule has 0 aromatic heterocycles. The van der Waals surface area contributed by atoms with Crippen LogP contribution in [0.15, 0.2) is 0 Å². The van der Waals surface area contributed by atoms with Gasteiger partial charge in [-0.15, -0.1) is 12.4 Å². The maximum Gasteiger partial charge on any atom is 0.237 e. The van der Waals surface area contributed by atoms with Crippen LogP contribution in [0.3, 0.4) is 0 Å². The minimum Gasteiger partial charge on any atom is -0.396 e. The van der Waals surface area contributed by atoms with Crippen LogP contribution >= 0.6 is 12.4 Å². The molecule has 0 aliphatic rings. The van der Waals surface area contributed by atoms with E-state index in [1.54, 1.807) is 0 Å². The first kappa shape index (κ1) is 18.1. The lowest BCUT2D eigenvalue weighted by molar-refractivity contribution is -0.125. The van der Waals surface area contributed by atoms with Crippen molar-refractivity contribution in [3.8, 4) is 0 Å². The minimum absolute atomic E-state index is 0. The molecule has 16 heavy (non-hydrogen) atoms. The number of carbonyl (C=O) groups excluding carboxylic acids is 1. The maximum atomic E-state index is 11.7. The van der Waals surface area contributed by atoms with Crippen molar-refractivity contribution >= 4 is 18.3 Å². The molecule has 0 saturated heterocycles. The number of aliphatic hydroxyl groups is 1. The minimum atomic E-state index is -0.492. The van der Waals surface area contributed by atoms with Crippen molar-refractivity contribution in [1.82, 2.24) is 5.32 Å². The molecule has 1 amide bonds. The first-order chi connectivity index (χ1) is 6.79. The highest BCUT2D eigenvalue weighted by atomic mass is 35.5. The summed E-state index contributed by atoms with van der Waals surface area (Å²) in [6.07, 6.45) is 1.48. The second-order valence-corrected chi connectivity index (χ2v) is 5.12. The van der Waals surface area contributed by atoms with Gasteiger partial charge >= 0.3 is 0 Å². The van der Waals surface area contributed by atoms with Crippen LogP contribution in [0.5, 0.6) is 0 Å². The molecule has 1 unspecified atom stereocenters. The van der Waals surface area contributed by atoms with E-state index < -0.39 is 6.04 Å². The summed E-state index contributed by atoms with van der Waals surface area (Å²) >= 11 is 0. The van der Waals surface area contributed by atoms with E-state index in [0.717, 1.165) is 6.42 Å². The van der Waals surface area contributed by atoms with E-state index in [1.807, 2.05) is 27.7 Å².